The van der Waals surface area contributed by atoms with Crippen LogP contribution in [-0.2, 0) is 14.3 Å². The third-order valence-electron chi connectivity index (χ3n) is 3.40. The monoisotopic (exact) mass is 356 g/mol. The van der Waals surface area contributed by atoms with Crippen LogP contribution in [0.2, 0.25) is 0 Å². The average molecular weight is 356 g/mol. The van der Waals surface area contributed by atoms with Crippen molar-refractivity contribution in [2.24, 2.45) is 5.92 Å². The number of Topliss-reactive ketones (excluding diaryl/α,β-unsaturated/α-hetero) is 1. The van der Waals surface area contributed by atoms with Gasteiger partial charge < -0.3 is 19.3 Å². The normalized spacial score (nSPS) is 12.2. The minimum Gasteiger partial charge on any atom is -0.502 e. The fraction of sp³-hybridized carbons (Fsp3) is 0.375. The number of carbonyl (C=O) groups is 2. The first-order chi connectivity index (χ1) is 11.4. The average Bonchev–Trinajstić information content (AvgIpc) is 3.00. The number of hydrogen-bond donors (Lipinski definition) is 1. The Morgan fingerprint density at radius 1 is 1.33 bits per heavy atom. The van der Waals surface area contributed by atoms with E-state index in [0.717, 1.165) is 11.3 Å². The van der Waals surface area contributed by atoms with Crippen molar-refractivity contribution in [3.8, 4) is 11.5 Å². The number of phenolic OH excluding ortho intramolecular Hbond substituents is 1. The predicted octanol–water partition coefficient (Wildman–Crippen LogP) is 3.11. The molecule has 0 radical (unpaired) electrons. The van der Waals surface area contributed by atoms with Gasteiger partial charge in [0.2, 0.25) is 0 Å². The highest BCUT2D eigenvalue weighted by atomic mass is 32.1. The van der Waals surface area contributed by atoms with Crippen LogP contribution in [0.5, 0.6) is 11.5 Å². The van der Waals surface area contributed by atoms with E-state index >= 15 is 0 Å². The van der Waals surface area contributed by atoms with Crippen LogP contribution in [0.25, 0.3) is 10.1 Å². The molecule has 0 aliphatic carbocycles. The molecule has 1 aromatic heterocycles. The van der Waals surface area contributed by atoms with Crippen molar-refractivity contribution < 1.29 is 33.3 Å². The van der Waals surface area contributed by atoms with Gasteiger partial charge in [-0.05, 0) is 6.07 Å². The Hall–Kier alpha value is -2.19. The number of methoxy groups -OCH3 is 2. The molecule has 1 unspecified atom stereocenters. The summed E-state index contributed by atoms with van der Waals surface area (Å²) < 4.78 is 29.1. The van der Waals surface area contributed by atoms with Crippen LogP contribution >= 0.6 is 11.3 Å². The van der Waals surface area contributed by atoms with E-state index in [-0.39, 0.29) is 30.1 Å². The van der Waals surface area contributed by atoms with Crippen molar-refractivity contribution in [2.45, 2.75) is 13.3 Å². The molecular formula is C16H17FO6S. The summed E-state index contributed by atoms with van der Waals surface area (Å²) >= 11 is 1.06. The maximum atomic E-state index is 14.3. The van der Waals surface area contributed by atoms with E-state index in [1.807, 2.05) is 0 Å². The second kappa shape index (κ2) is 7.59. The van der Waals surface area contributed by atoms with E-state index in [4.69, 9.17) is 9.47 Å². The zero-order valence-corrected chi connectivity index (χ0v) is 14.2. The summed E-state index contributed by atoms with van der Waals surface area (Å²) in [6.07, 6.45) is -0.0415. The lowest BCUT2D eigenvalue weighted by molar-refractivity contribution is -0.144. The smallest absolute Gasteiger partial charge is 0.308 e. The molecule has 0 fully saturated rings. The van der Waals surface area contributed by atoms with Crippen molar-refractivity contribution in [3.05, 3.63) is 22.8 Å². The fourth-order valence-electron chi connectivity index (χ4n) is 2.14. The molecule has 1 atom stereocenters. The molecule has 0 saturated heterocycles. The summed E-state index contributed by atoms with van der Waals surface area (Å²) in [5.74, 6) is -2.94. The van der Waals surface area contributed by atoms with Gasteiger partial charge in [-0.2, -0.15) is 0 Å². The van der Waals surface area contributed by atoms with Crippen molar-refractivity contribution >= 4 is 33.2 Å². The van der Waals surface area contributed by atoms with Gasteiger partial charge in [-0.3, -0.25) is 9.59 Å². The van der Waals surface area contributed by atoms with Crippen LogP contribution in [0, 0.1) is 11.7 Å². The molecule has 130 valence electrons. The zero-order valence-electron chi connectivity index (χ0n) is 13.4. The summed E-state index contributed by atoms with van der Waals surface area (Å²) in [7, 11) is 2.65. The lowest BCUT2D eigenvalue weighted by atomic mass is 10.0. The molecule has 0 spiro atoms. The molecule has 2 rings (SSSR count). The summed E-state index contributed by atoms with van der Waals surface area (Å²) in [5, 5.41) is 9.94. The first kappa shape index (κ1) is 18.2. The molecular weight excluding hydrogens is 339 g/mol. The first-order valence-electron chi connectivity index (χ1n) is 7.06. The Labute approximate surface area is 141 Å². The van der Waals surface area contributed by atoms with Gasteiger partial charge in [0.1, 0.15) is 0 Å². The van der Waals surface area contributed by atoms with E-state index in [0.29, 0.717) is 9.58 Å². The SMILES string of the molecule is COCOc1cc2sc(C(=O)CC(C)C(=O)OC)cc2c(F)c1O. The number of phenols is 1. The third kappa shape index (κ3) is 3.65. The quantitative estimate of drug-likeness (QED) is 0.466. The molecule has 1 heterocycles. The van der Waals surface area contributed by atoms with Gasteiger partial charge >= 0.3 is 5.97 Å². The molecule has 8 heteroatoms. The third-order valence-corrected chi connectivity index (χ3v) is 4.53. The molecule has 1 N–H and O–H groups in total. The summed E-state index contributed by atoms with van der Waals surface area (Å²) in [4.78, 5) is 24.0. The number of aromatic hydroxyl groups is 1. The molecule has 2 aromatic rings. The molecule has 0 aliphatic heterocycles. The van der Waals surface area contributed by atoms with E-state index in [9.17, 15) is 19.1 Å². The van der Waals surface area contributed by atoms with E-state index in [1.54, 1.807) is 6.92 Å². The van der Waals surface area contributed by atoms with Gasteiger partial charge in [0.15, 0.2) is 29.9 Å². The number of hydrogen-bond acceptors (Lipinski definition) is 7. The van der Waals surface area contributed by atoms with Crippen LogP contribution in [0.15, 0.2) is 12.1 Å². The number of ether oxygens (including phenoxy) is 3. The summed E-state index contributed by atoms with van der Waals surface area (Å²) in [6.45, 7) is 1.44. The number of benzene rings is 1. The highest BCUT2D eigenvalue weighted by Crippen LogP contribution is 2.39. The standard InChI is InChI=1S/C16H17FO6S/c1-8(16(20)22-3)4-10(18)13-5-9-12(24-13)6-11(23-7-21-2)15(19)14(9)17/h5-6,8,19H,4,7H2,1-3H3. The van der Waals surface area contributed by atoms with Crippen molar-refractivity contribution in [1.82, 2.24) is 0 Å². The minimum absolute atomic E-state index is 0.0415. The largest absolute Gasteiger partial charge is 0.502 e. The molecule has 0 saturated carbocycles. The molecule has 24 heavy (non-hydrogen) atoms. The number of fused-ring (bicyclic) bond motifs is 1. The maximum absolute atomic E-state index is 14.3. The predicted molar refractivity (Wildman–Crippen MR) is 86.1 cm³/mol. The van der Waals surface area contributed by atoms with Gasteiger partial charge in [-0.25, -0.2) is 4.39 Å². The zero-order chi connectivity index (χ0) is 17.9. The number of ketones is 1. The Morgan fingerprint density at radius 2 is 2.04 bits per heavy atom. The van der Waals surface area contributed by atoms with E-state index < -0.39 is 23.5 Å². The lowest BCUT2D eigenvalue weighted by Crippen LogP contribution is -2.16. The summed E-state index contributed by atoms with van der Waals surface area (Å²) in [5.41, 5.74) is 0. The Kier molecular flexibility index (Phi) is 5.74. The minimum atomic E-state index is -0.866. The van der Waals surface area contributed by atoms with E-state index in [2.05, 4.69) is 4.74 Å². The number of rotatable bonds is 7. The molecule has 0 bridgehead atoms. The number of carbonyl (C=O) groups excluding carboxylic acids is 2. The summed E-state index contributed by atoms with van der Waals surface area (Å²) in [6, 6.07) is 2.80. The van der Waals surface area contributed by atoms with Crippen LogP contribution in [-0.4, -0.2) is 37.9 Å². The highest BCUT2D eigenvalue weighted by molar-refractivity contribution is 7.20. The topological polar surface area (TPSA) is 82.1 Å². The van der Waals surface area contributed by atoms with E-state index in [1.165, 1.54) is 26.4 Å². The van der Waals surface area contributed by atoms with Crippen molar-refractivity contribution in [1.29, 1.82) is 0 Å². The molecule has 6 nitrogen and oxygen atoms in total. The van der Waals surface area contributed by atoms with Gasteiger partial charge in [0, 0.05) is 29.7 Å². The van der Waals surface area contributed by atoms with Crippen LogP contribution in [0.3, 0.4) is 0 Å². The van der Waals surface area contributed by atoms with Crippen LogP contribution < -0.4 is 4.74 Å². The number of esters is 1. The molecule has 1 aromatic carbocycles. The molecule has 0 aliphatic rings. The van der Waals surface area contributed by atoms with Crippen molar-refractivity contribution in [3.63, 3.8) is 0 Å². The van der Waals surface area contributed by atoms with Crippen molar-refractivity contribution in [2.75, 3.05) is 21.0 Å². The number of thiophene rings is 1. The van der Waals surface area contributed by atoms with Gasteiger partial charge in [0.05, 0.1) is 17.9 Å². The van der Waals surface area contributed by atoms with Crippen LogP contribution in [0.1, 0.15) is 23.0 Å². The second-order valence-corrected chi connectivity index (χ2v) is 6.25. The number of halogens is 1. The lowest BCUT2D eigenvalue weighted by Gasteiger charge is -2.07. The van der Waals surface area contributed by atoms with Gasteiger partial charge in [-0.15, -0.1) is 11.3 Å². The second-order valence-electron chi connectivity index (χ2n) is 5.16. The fourth-order valence-corrected chi connectivity index (χ4v) is 3.18. The Balaban J connectivity index is 2.32. The van der Waals surface area contributed by atoms with Gasteiger partial charge in [-0.1, -0.05) is 6.92 Å². The maximum Gasteiger partial charge on any atom is 0.308 e. The first-order valence-corrected chi connectivity index (χ1v) is 7.88. The Bertz CT molecular complexity index is 770. The van der Waals surface area contributed by atoms with Crippen LogP contribution in [0.4, 0.5) is 4.39 Å². The Morgan fingerprint density at radius 3 is 2.67 bits per heavy atom. The highest BCUT2D eigenvalue weighted by Gasteiger charge is 2.22. The molecule has 0 amide bonds. The van der Waals surface area contributed by atoms with Gasteiger partial charge in [0.25, 0.3) is 0 Å².